The molecule has 0 saturated heterocycles. The van der Waals surface area contributed by atoms with Crippen LogP contribution in [0.4, 0.5) is 5.69 Å². The summed E-state index contributed by atoms with van der Waals surface area (Å²) in [6, 6.07) is 24.2. The van der Waals surface area contributed by atoms with Crippen LogP contribution in [0.3, 0.4) is 0 Å². The molecule has 0 aliphatic rings. The lowest BCUT2D eigenvalue weighted by Crippen LogP contribution is -2.49. The van der Waals surface area contributed by atoms with Crippen molar-refractivity contribution in [3.8, 4) is 16.9 Å². The van der Waals surface area contributed by atoms with Gasteiger partial charge in [0.25, 0.3) is 5.91 Å². The summed E-state index contributed by atoms with van der Waals surface area (Å²) in [6.45, 7) is 8.90. The summed E-state index contributed by atoms with van der Waals surface area (Å²) in [5, 5.41) is 18.7. The van der Waals surface area contributed by atoms with E-state index in [0.717, 1.165) is 5.56 Å². The molecule has 3 amide bonds. The normalized spacial score (nSPS) is 12.0. The van der Waals surface area contributed by atoms with Crippen LogP contribution in [0, 0.1) is 6.92 Å². The van der Waals surface area contributed by atoms with Crippen LogP contribution in [0.1, 0.15) is 61.2 Å². The van der Waals surface area contributed by atoms with E-state index in [-0.39, 0.29) is 24.1 Å². The topological polar surface area (TPSA) is 135 Å². The van der Waals surface area contributed by atoms with E-state index in [2.05, 4.69) is 26.1 Å². The number of aromatic nitrogens is 4. The van der Waals surface area contributed by atoms with Gasteiger partial charge in [-0.05, 0) is 69.7 Å². The van der Waals surface area contributed by atoms with E-state index in [1.165, 1.54) is 16.5 Å². The number of anilines is 1. The van der Waals surface area contributed by atoms with Crippen LogP contribution in [0.2, 0.25) is 5.02 Å². The lowest BCUT2D eigenvalue weighted by atomic mass is 10.0. The Balaban J connectivity index is 1.36. The zero-order valence-electron chi connectivity index (χ0n) is 26.1. The first kappa shape index (κ1) is 32.1. The van der Waals surface area contributed by atoms with Crippen molar-refractivity contribution in [2.75, 3.05) is 4.90 Å². The van der Waals surface area contributed by atoms with Gasteiger partial charge in [0, 0.05) is 34.8 Å². The van der Waals surface area contributed by atoms with Gasteiger partial charge < -0.3 is 15.2 Å². The third-order valence-corrected chi connectivity index (χ3v) is 7.32. The molecule has 3 aromatic carbocycles. The zero-order chi connectivity index (χ0) is 33.0. The average molecular weight is 640 g/mol. The molecule has 1 unspecified atom stereocenters. The number of amides is 3. The SMILES string of the molecule is CC(=O)N(c1ccc(Cl)cc1)C(C(=O)NC(C)(C)C)c1ccc(-n2nnc(C(=O)NCc3cc(-c4ccccc4)no3)c2C)cc1. The van der Waals surface area contributed by atoms with Gasteiger partial charge in [0.05, 0.1) is 17.9 Å². The fourth-order valence-electron chi connectivity index (χ4n) is 4.94. The standard InChI is InChI=1S/C34H34ClN7O4/c1-21-30(32(44)36-20-28-19-29(39-46-28)23-9-7-6-8-10-23)38-40-42(21)27-15-11-24(12-16-27)31(33(45)37-34(3,4)5)41(22(2)43)26-17-13-25(35)14-18-26/h6-19,31H,20H2,1-5H3,(H,36,44)(H,37,45). The first-order chi connectivity index (χ1) is 21.9. The van der Waals surface area contributed by atoms with Crippen LogP contribution in [0.5, 0.6) is 0 Å². The molecule has 1 atom stereocenters. The Hall–Kier alpha value is -5.29. The fourth-order valence-corrected chi connectivity index (χ4v) is 5.07. The van der Waals surface area contributed by atoms with Crippen molar-refractivity contribution in [3.05, 3.63) is 113 Å². The highest BCUT2D eigenvalue weighted by Gasteiger charge is 2.33. The Bertz CT molecular complexity index is 1840. The first-order valence-corrected chi connectivity index (χ1v) is 15.0. The fraction of sp³-hybridized carbons (Fsp3) is 0.235. The van der Waals surface area contributed by atoms with E-state index in [1.807, 2.05) is 51.1 Å². The molecule has 2 N–H and O–H groups in total. The maximum absolute atomic E-state index is 13.7. The number of nitrogens with one attached hydrogen (secondary N) is 2. The number of carbonyl (C=O) groups is 3. The molecular formula is C34H34ClN7O4. The van der Waals surface area contributed by atoms with E-state index >= 15 is 0 Å². The van der Waals surface area contributed by atoms with Crippen molar-refractivity contribution < 1.29 is 18.9 Å². The molecule has 0 spiro atoms. The van der Waals surface area contributed by atoms with Crippen molar-refractivity contribution in [2.45, 2.75) is 52.7 Å². The Kier molecular flexibility index (Phi) is 9.33. The summed E-state index contributed by atoms with van der Waals surface area (Å²) in [6.07, 6.45) is 0. The molecule has 12 heteroatoms. The lowest BCUT2D eigenvalue weighted by molar-refractivity contribution is -0.127. The summed E-state index contributed by atoms with van der Waals surface area (Å²) in [7, 11) is 0. The van der Waals surface area contributed by atoms with Crippen LogP contribution >= 0.6 is 11.6 Å². The summed E-state index contributed by atoms with van der Waals surface area (Å²) in [5.74, 6) is -0.582. The maximum Gasteiger partial charge on any atom is 0.274 e. The number of benzene rings is 3. The van der Waals surface area contributed by atoms with Crippen LogP contribution in [-0.2, 0) is 16.1 Å². The van der Waals surface area contributed by atoms with E-state index in [0.29, 0.717) is 39.1 Å². The predicted molar refractivity (Wildman–Crippen MR) is 174 cm³/mol. The molecule has 5 aromatic rings. The van der Waals surface area contributed by atoms with Gasteiger partial charge in [-0.2, -0.15) is 0 Å². The Morgan fingerprint density at radius 2 is 1.65 bits per heavy atom. The summed E-state index contributed by atoms with van der Waals surface area (Å²) >= 11 is 6.09. The van der Waals surface area contributed by atoms with Gasteiger partial charge >= 0.3 is 0 Å². The van der Waals surface area contributed by atoms with Gasteiger partial charge in [0.2, 0.25) is 11.8 Å². The quantitative estimate of drug-likeness (QED) is 0.207. The van der Waals surface area contributed by atoms with E-state index in [9.17, 15) is 14.4 Å². The number of hydrogen-bond donors (Lipinski definition) is 2. The maximum atomic E-state index is 13.7. The third kappa shape index (κ3) is 7.32. The van der Waals surface area contributed by atoms with Crippen molar-refractivity contribution in [2.24, 2.45) is 0 Å². The number of nitrogens with zero attached hydrogens (tertiary/aromatic N) is 5. The van der Waals surface area contributed by atoms with Gasteiger partial charge in [-0.3, -0.25) is 19.3 Å². The van der Waals surface area contributed by atoms with E-state index < -0.39 is 17.5 Å². The minimum Gasteiger partial charge on any atom is -0.359 e. The predicted octanol–water partition coefficient (Wildman–Crippen LogP) is 5.82. The molecule has 0 radical (unpaired) electrons. The average Bonchev–Trinajstić information content (AvgIpc) is 3.65. The van der Waals surface area contributed by atoms with Crippen molar-refractivity contribution >= 4 is 35.0 Å². The van der Waals surface area contributed by atoms with Crippen LogP contribution in [-0.4, -0.2) is 43.4 Å². The first-order valence-electron chi connectivity index (χ1n) is 14.6. The smallest absolute Gasteiger partial charge is 0.274 e. The third-order valence-electron chi connectivity index (χ3n) is 7.06. The molecule has 0 aliphatic heterocycles. The largest absolute Gasteiger partial charge is 0.359 e. The van der Waals surface area contributed by atoms with E-state index in [4.69, 9.17) is 16.1 Å². The minimum absolute atomic E-state index is 0.123. The highest BCUT2D eigenvalue weighted by Crippen LogP contribution is 2.30. The summed E-state index contributed by atoms with van der Waals surface area (Å²) in [5.41, 5.74) is 3.44. The van der Waals surface area contributed by atoms with Crippen LogP contribution in [0.25, 0.3) is 16.9 Å². The van der Waals surface area contributed by atoms with Crippen LogP contribution in [0.15, 0.2) is 89.5 Å². The number of rotatable bonds is 9. The molecule has 2 aromatic heterocycles. The number of carbonyl (C=O) groups excluding carboxylic acids is 3. The number of hydrogen-bond acceptors (Lipinski definition) is 7. The Morgan fingerprint density at radius 3 is 2.28 bits per heavy atom. The molecule has 236 valence electrons. The highest BCUT2D eigenvalue weighted by molar-refractivity contribution is 6.30. The van der Waals surface area contributed by atoms with Gasteiger partial charge in [-0.25, -0.2) is 4.68 Å². The molecule has 5 rings (SSSR count). The van der Waals surface area contributed by atoms with Crippen LogP contribution < -0.4 is 15.5 Å². The molecule has 46 heavy (non-hydrogen) atoms. The van der Waals surface area contributed by atoms with Crippen molar-refractivity contribution in [3.63, 3.8) is 0 Å². The molecular weight excluding hydrogens is 606 g/mol. The summed E-state index contributed by atoms with van der Waals surface area (Å²) in [4.78, 5) is 41.1. The Morgan fingerprint density at radius 1 is 0.978 bits per heavy atom. The monoisotopic (exact) mass is 639 g/mol. The second kappa shape index (κ2) is 13.4. The van der Waals surface area contributed by atoms with Gasteiger partial charge in [0.15, 0.2) is 11.5 Å². The molecule has 0 bridgehead atoms. The second-order valence-corrected chi connectivity index (χ2v) is 12.2. The molecule has 0 fully saturated rings. The molecule has 2 heterocycles. The number of halogens is 1. The second-order valence-electron chi connectivity index (χ2n) is 11.8. The van der Waals surface area contributed by atoms with Gasteiger partial charge in [-0.15, -0.1) is 5.10 Å². The van der Waals surface area contributed by atoms with Gasteiger partial charge in [0.1, 0.15) is 11.7 Å². The van der Waals surface area contributed by atoms with Crippen molar-refractivity contribution in [1.82, 2.24) is 30.8 Å². The zero-order valence-corrected chi connectivity index (χ0v) is 26.9. The van der Waals surface area contributed by atoms with Gasteiger partial charge in [-0.1, -0.05) is 64.4 Å². The van der Waals surface area contributed by atoms with E-state index in [1.54, 1.807) is 61.5 Å². The highest BCUT2D eigenvalue weighted by atomic mass is 35.5. The molecule has 11 nitrogen and oxygen atoms in total. The van der Waals surface area contributed by atoms with Crippen molar-refractivity contribution in [1.29, 1.82) is 0 Å². The summed E-state index contributed by atoms with van der Waals surface area (Å²) < 4.78 is 6.92. The Labute approximate surface area is 271 Å². The minimum atomic E-state index is -0.969. The molecule has 0 saturated carbocycles. The lowest BCUT2D eigenvalue weighted by Gasteiger charge is -2.33. The molecule has 0 aliphatic carbocycles.